The first-order chi connectivity index (χ1) is 11.4. The monoisotopic (exact) mass is 337 g/mol. The van der Waals surface area contributed by atoms with E-state index < -0.39 is 17.8 Å². The zero-order valence-corrected chi connectivity index (χ0v) is 12.4. The Labute approximate surface area is 134 Å². The Bertz CT molecular complexity index is 896. The molecule has 3 rings (SSSR count). The molecule has 8 heteroatoms. The maximum absolute atomic E-state index is 13.3. The van der Waals surface area contributed by atoms with Crippen molar-refractivity contribution in [3.8, 4) is 5.75 Å². The van der Waals surface area contributed by atoms with E-state index in [2.05, 4.69) is 15.3 Å². The van der Waals surface area contributed by atoms with Gasteiger partial charge in [0.1, 0.15) is 17.4 Å². The van der Waals surface area contributed by atoms with Crippen LogP contribution in [0.25, 0.3) is 10.9 Å². The van der Waals surface area contributed by atoms with Crippen LogP contribution in [0.4, 0.5) is 29.1 Å². The van der Waals surface area contributed by atoms with Crippen molar-refractivity contribution in [3.05, 3.63) is 54.1 Å². The summed E-state index contributed by atoms with van der Waals surface area (Å²) >= 11 is 0. The first kappa shape index (κ1) is 16.0. The van der Waals surface area contributed by atoms with Crippen LogP contribution in [-0.2, 0) is 6.18 Å². The summed E-state index contributed by atoms with van der Waals surface area (Å²) in [4.78, 5) is 7.09. The number of ether oxygens (including phenoxy) is 1. The number of hydrogen-bond donors (Lipinski definition) is 1. The minimum atomic E-state index is -4.71. The highest BCUT2D eigenvalue weighted by Gasteiger charge is 2.35. The molecule has 0 aliphatic carbocycles. The van der Waals surface area contributed by atoms with E-state index in [0.717, 1.165) is 6.07 Å². The van der Waals surface area contributed by atoms with Gasteiger partial charge in [-0.15, -0.1) is 0 Å². The zero-order chi connectivity index (χ0) is 17.3. The summed E-state index contributed by atoms with van der Waals surface area (Å²) in [5.41, 5.74) is 0.342. The minimum absolute atomic E-state index is 0.0654. The molecule has 0 bridgehead atoms. The third-order valence-electron chi connectivity index (χ3n) is 3.24. The van der Waals surface area contributed by atoms with Gasteiger partial charge in [0.25, 0.3) is 0 Å². The lowest BCUT2D eigenvalue weighted by atomic mass is 10.2. The number of halogens is 4. The molecule has 2 aromatic carbocycles. The van der Waals surface area contributed by atoms with Crippen molar-refractivity contribution in [1.82, 2.24) is 9.97 Å². The third kappa shape index (κ3) is 3.22. The molecule has 0 fully saturated rings. The number of fused-ring (bicyclic) bond motifs is 1. The molecular formula is C16H11F4N3O. The first-order valence-corrected chi connectivity index (χ1v) is 6.82. The van der Waals surface area contributed by atoms with Crippen LogP contribution in [0.15, 0.2) is 42.5 Å². The SMILES string of the molecule is COc1ccc2c(Nc3cccc(F)c3)nc(C(F)(F)F)nc2c1. The molecule has 0 spiro atoms. The van der Waals surface area contributed by atoms with Gasteiger partial charge in [-0.3, -0.25) is 0 Å². The number of aromatic nitrogens is 2. The lowest BCUT2D eigenvalue weighted by Gasteiger charge is -2.13. The first-order valence-electron chi connectivity index (χ1n) is 6.82. The smallest absolute Gasteiger partial charge is 0.451 e. The molecular weight excluding hydrogens is 326 g/mol. The predicted molar refractivity (Wildman–Crippen MR) is 80.8 cm³/mol. The summed E-state index contributed by atoms with van der Waals surface area (Å²) in [5.74, 6) is -1.51. The van der Waals surface area contributed by atoms with Crippen LogP contribution < -0.4 is 10.1 Å². The fraction of sp³-hybridized carbons (Fsp3) is 0.125. The van der Waals surface area contributed by atoms with Crippen molar-refractivity contribution in [2.24, 2.45) is 0 Å². The van der Waals surface area contributed by atoms with Crippen molar-refractivity contribution >= 4 is 22.4 Å². The highest BCUT2D eigenvalue weighted by molar-refractivity contribution is 5.91. The average molecular weight is 337 g/mol. The van der Waals surface area contributed by atoms with Gasteiger partial charge in [0.2, 0.25) is 5.82 Å². The molecule has 0 saturated carbocycles. The molecule has 0 aliphatic heterocycles. The van der Waals surface area contributed by atoms with E-state index in [1.165, 1.54) is 37.4 Å². The van der Waals surface area contributed by atoms with Gasteiger partial charge < -0.3 is 10.1 Å². The zero-order valence-electron chi connectivity index (χ0n) is 12.4. The van der Waals surface area contributed by atoms with Crippen LogP contribution in [0.1, 0.15) is 5.82 Å². The second-order valence-electron chi connectivity index (χ2n) is 4.91. The molecule has 24 heavy (non-hydrogen) atoms. The van der Waals surface area contributed by atoms with Crippen LogP contribution in [0.5, 0.6) is 5.75 Å². The van der Waals surface area contributed by atoms with Crippen LogP contribution in [0.2, 0.25) is 0 Å². The summed E-state index contributed by atoms with van der Waals surface area (Å²) < 4.78 is 57.4. The fourth-order valence-electron chi connectivity index (χ4n) is 2.16. The van der Waals surface area contributed by atoms with E-state index in [0.29, 0.717) is 11.1 Å². The molecule has 0 aliphatic rings. The molecule has 1 heterocycles. The van der Waals surface area contributed by atoms with Crippen LogP contribution in [0.3, 0.4) is 0 Å². The van der Waals surface area contributed by atoms with Crippen molar-refractivity contribution in [3.63, 3.8) is 0 Å². The number of nitrogens with zero attached hydrogens (tertiary/aromatic N) is 2. The van der Waals surface area contributed by atoms with Gasteiger partial charge in [-0.25, -0.2) is 14.4 Å². The number of rotatable bonds is 3. The van der Waals surface area contributed by atoms with Gasteiger partial charge >= 0.3 is 6.18 Å². The molecule has 1 N–H and O–H groups in total. The molecule has 0 amide bonds. The van der Waals surface area contributed by atoms with Crippen LogP contribution in [0, 0.1) is 5.82 Å². The Morgan fingerprint density at radius 1 is 1.04 bits per heavy atom. The normalized spacial score (nSPS) is 11.5. The Kier molecular flexibility index (Phi) is 3.96. The maximum Gasteiger partial charge on any atom is 0.451 e. The highest BCUT2D eigenvalue weighted by atomic mass is 19.4. The fourth-order valence-corrected chi connectivity index (χ4v) is 2.16. The Morgan fingerprint density at radius 2 is 1.83 bits per heavy atom. The molecule has 4 nitrogen and oxygen atoms in total. The number of methoxy groups -OCH3 is 1. The van der Waals surface area contributed by atoms with Crippen molar-refractivity contribution in [2.75, 3.05) is 12.4 Å². The molecule has 124 valence electrons. The minimum Gasteiger partial charge on any atom is -0.497 e. The molecule has 0 unspecified atom stereocenters. The molecule has 1 aromatic heterocycles. The Hall–Kier alpha value is -2.90. The predicted octanol–water partition coefficient (Wildman–Crippen LogP) is 4.54. The van der Waals surface area contributed by atoms with E-state index in [1.54, 1.807) is 6.07 Å². The number of alkyl halides is 3. The van der Waals surface area contributed by atoms with Gasteiger partial charge in [-0.2, -0.15) is 13.2 Å². The van der Waals surface area contributed by atoms with E-state index in [-0.39, 0.29) is 17.0 Å². The van der Waals surface area contributed by atoms with Crippen LogP contribution >= 0.6 is 0 Å². The molecule has 0 atom stereocenters. The number of hydrogen-bond acceptors (Lipinski definition) is 4. The maximum atomic E-state index is 13.3. The molecule has 3 aromatic rings. The molecule has 0 saturated heterocycles. The van der Waals surface area contributed by atoms with Crippen LogP contribution in [-0.4, -0.2) is 17.1 Å². The van der Waals surface area contributed by atoms with Crippen molar-refractivity contribution < 1.29 is 22.3 Å². The molecule has 0 radical (unpaired) electrons. The largest absolute Gasteiger partial charge is 0.497 e. The summed E-state index contributed by atoms with van der Waals surface area (Å²) in [6, 6.07) is 9.84. The van der Waals surface area contributed by atoms with Crippen molar-refractivity contribution in [1.29, 1.82) is 0 Å². The third-order valence-corrected chi connectivity index (χ3v) is 3.24. The standard InChI is InChI=1S/C16H11F4N3O/c1-24-11-5-6-12-13(8-11)22-15(16(18,19)20)23-14(12)21-10-4-2-3-9(17)7-10/h2-8H,1H3,(H,21,22,23). The summed E-state index contributed by atoms with van der Waals surface area (Å²) in [7, 11) is 1.40. The van der Waals surface area contributed by atoms with Gasteiger partial charge in [-0.1, -0.05) is 6.07 Å². The quantitative estimate of drug-likeness (QED) is 0.713. The average Bonchev–Trinajstić information content (AvgIpc) is 2.53. The van der Waals surface area contributed by atoms with Gasteiger partial charge in [0.05, 0.1) is 12.6 Å². The van der Waals surface area contributed by atoms with Gasteiger partial charge in [-0.05, 0) is 30.3 Å². The number of anilines is 2. The highest BCUT2D eigenvalue weighted by Crippen LogP contribution is 2.32. The number of nitrogens with one attached hydrogen (secondary N) is 1. The topological polar surface area (TPSA) is 47.0 Å². The van der Waals surface area contributed by atoms with E-state index >= 15 is 0 Å². The van der Waals surface area contributed by atoms with Gasteiger partial charge in [0, 0.05) is 17.1 Å². The summed E-state index contributed by atoms with van der Waals surface area (Å²) in [6.07, 6.45) is -4.71. The van der Waals surface area contributed by atoms with E-state index in [4.69, 9.17) is 4.74 Å². The van der Waals surface area contributed by atoms with Crippen molar-refractivity contribution in [2.45, 2.75) is 6.18 Å². The lowest BCUT2D eigenvalue weighted by Crippen LogP contribution is -2.12. The Balaban J connectivity index is 2.17. The second-order valence-corrected chi connectivity index (χ2v) is 4.91. The number of benzene rings is 2. The summed E-state index contributed by atoms with van der Waals surface area (Å²) in [6.45, 7) is 0. The Morgan fingerprint density at radius 3 is 2.50 bits per heavy atom. The second kappa shape index (κ2) is 5.95. The summed E-state index contributed by atoms with van der Waals surface area (Å²) in [5, 5.41) is 3.06. The lowest BCUT2D eigenvalue weighted by molar-refractivity contribution is -0.144. The van der Waals surface area contributed by atoms with E-state index in [1.807, 2.05) is 0 Å². The van der Waals surface area contributed by atoms with E-state index in [9.17, 15) is 17.6 Å². The van der Waals surface area contributed by atoms with Gasteiger partial charge in [0.15, 0.2) is 0 Å².